The number of rotatable bonds is 6. The van der Waals surface area contributed by atoms with Crippen molar-refractivity contribution in [3.63, 3.8) is 0 Å². The standard InChI is InChI=1S/C24H32N2O5/c1-13(2)6-8-15-19(27)16(9-7-14(3)4)22-18(20(15)28)21(29)24(30-5)23(31-22)17-12-25-10-11-26-17/h6-7,17,25-28H,8-12H2,1-5H3. The van der Waals surface area contributed by atoms with Gasteiger partial charge < -0.3 is 30.0 Å². The highest BCUT2D eigenvalue weighted by Crippen LogP contribution is 2.42. The first-order chi connectivity index (χ1) is 14.8. The fraction of sp³-hybridized carbons (Fsp3) is 0.458. The number of benzene rings is 1. The molecule has 2 heterocycles. The third-order valence-electron chi connectivity index (χ3n) is 5.46. The number of phenols is 2. The lowest BCUT2D eigenvalue weighted by molar-refractivity contribution is 0.324. The van der Waals surface area contributed by atoms with E-state index in [1.165, 1.54) is 7.11 Å². The lowest BCUT2D eigenvalue weighted by atomic mass is 9.96. The van der Waals surface area contributed by atoms with Crippen LogP contribution in [0.5, 0.6) is 17.2 Å². The summed E-state index contributed by atoms with van der Waals surface area (Å²) >= 11 is 0. The topological polar surface area (TPSA) is 104 Å². The van der Waals surface area contributed by atoms with Gasteiger partial charge in [-0.3, -0.25) is 4.79 Å². The summed E-state index contributed by atoms with van der Waals surface area (Å²) in [6.45, 7) is 9.92. The van der Waals surface area contributed by atoms with Gasteiger partial charge in [0.15, 0.2) is 5.76 Å². The van der Waals surface area contributed by atoms with Crippen LogP contribution in [0.25, 0.3) is 11.0 Å². The molecule has 7 nitrogen and oxygen atoms in total. The molecule has 0 aliphatic carbocycles. The highest BCUT2D eigenvalue weighted by Gasteiger charge is 2.29. The molecular weight excluding hydrogens is 396 g/mol. The minimum Gasteiger partial charge on any atom is -0.507 e. The van der Waals surface area contributed by atoms with Crippen molar-refractivity contribution >= 4 is 11.0 Å². The quantitative estimate of drug-likeness (QED) is 0.522. The molecular formula is C24H32N2O5. The molecule has 0 amide bonds. The molecule has 1 aliphatic rings. The Morgan fingerprint density at radius 3 is 2.26 bits per heavy atom. The number of methoxy groups -OCH3 is 1. The molecule has 3 rings (SSSR count). The number of piperazine rings is 1. The minimum atomic E-state index is -0.444. The Bertz CT molecular complexity index is 1080. The summed E-state index contributed by atoms with van der Waals surface area (Å²) in [4.78, 5) is 13.4. The smallest absolute Gasteiger partial charge is 0.238 e. The van der Waals surface area contributed by atoms with E-state index in [2.05, 4.69) is 10.6 Å². The predicted molar refractivity (Wildman–Crippen MR) is 122 cm³/mol. The van der Waals surface area contributed by atoms with E-state index in [0.717, 1.165) is 24.2 Å². The zero-order valence-corrected chi connectivity index (χ0v) is 18.9. The fourth-order valence-electron chi connectivity index (χ4n) is 3.77. The molecule has 0 saturated carbocycles. The lowest BCUT2D eigenvalue weighted by Crippen LogP contribution is -2.43. The molecule has 1 unspecified atom stereocenters. The van der Waals surface area contributed by atoms with Crippen LogP contribution >= 0.6 is 0 Å². The molecule has 31 heavy (non-hydrogen) atoms. The van der Waals surface area contributed by atoms with Gasteiger partial charge in [-0.05, 0) is 40.5 Å². The van der Waals surface area contributed by atoms with Crippen molar-refractivity contribution in [3.8, 4) is 17.2 Å². The average Bonchev–Trinajstić information content (AvgIpc) is 2.73. The summed E-state index contributed by atoms with van der Waals surface area (Å²) in [5, 5.41) is 28.7. The van der Waals surface area contributed by atoms with Gasteiger partial charge in [-0.2, -0.15) is 0 Å². The van der Waals surface area contributed by atoms with E-state index in [1.54, 1.807) is 0 Å². The van der Waals surface area contributed by atoms with Crippen LogP contribution in [0.1, 0.15) is 50.6 Å². The number of hydrogen-bond acceptors (Lipinski definition) is 7. The summed E-state index contributed by atoms with van der Waals surface area (Å²) < 4.78 is 11.6. The first-order valence-electron chi connectivity index (χ1n) is 10.6. The van der Waals surface area contributed by atoms with Crippen LogP contribution in [-0.4, -0.2) is 37.0 Å². The Labute approximate surface area is 182 Å². The molecule has 168 valence electrons. The van der Waals surface area contributed by atoms with Crippen molar-refractivity contribution in [2.75, 3.05) is 26.7 Å². The van der Waals surface area contributed by atoms with Gasteiger partial charge in [0, 0.05) is 30.8 Å². The van der Waals surface area contributed by atoms with E-state index in [0.29, 0.717) is 36.3 Å². The number of hydrogen-bond donors (Lipinski definition) is 4. The highest BCUT2D eigenvalue weighted by molar-refractivity contribution is 5.91. The van der Waals surface area contributed by atoms with E-state index in [4.69, 9.17) is 9.15 Å². The molecule has 1 fully saturated rings. The molecule has 1 saturated heterocycles. The predicted octanol–water partition coefficient (Wildman–Crippen LogP) is 3.46. The van der Waals surface area contributed by atoms with Crippen LogP contribution in [0.2, 0.25) is 0 Å². The number of nitrogens with one attached hydrogen (secondary N) is 2. The number of fused-ring (bicyclic) bond motifs is 1. The minimum absolute atomic E-state index is 0.0384. The molecule has 0 radical (unpaired) electrons. The number of phenolic OH excluding ortho intramolecular Hbond substituents is 2. The third-order valence-corrected chi connectivity index (χ3v) is 5.46. The molecule has 4 N–H and O–H groups in total. The summed E-state index contributed by atoms with van der Waals surface area (Å²) in [5.74, 6) is 0.116. The van der Waals surface area contributed by atoms with E-state index < -0.39 is 5.43 Å². The van der Waals surface area contributed by atoms with Crippen LogP contribution in [0.15, 0.2) is 32.5 Å². The average molecular weight is 429 g/mol. The van der Waals surface area contributed by atoms with Crippen molar-refractivity contribution in [1.29, 1.82) is 0 Å². The summed E-state index contributed by atoms with van der Waals surface area (Å²) in [6.07, 6.45) is 4.53. The molecule has 1 aromatic heterocycles. The Morgan fingerprint density at radius 2 is 1.71 bits per heavy atom. The van der Waals surface area contributed by atoms with Crippen molar-refractivity contribution < 1.29 is 19.4 Å². The van der Waals surface area contributed by atoms with E-state index in [-0.39, 0.29) is 34.3 Å². The Kier molecular flexibility index (Phi) is 7.08. The normalized spacial score (nSPS) is 16.2. The lowest BCUT2D eigenvalue weighted by Gasteiger charge is -2.25. The first kappa shape index (κ1) is 22.9. The highest BCUT2D eigenvalue weighted by atomic mass is 16.5. The molecule has 1 aliphatic heterocycles. The van der Waals surface area contributed by atoms with Gasteiger partial charge in [0.05, 0.1) is 13.2 Å². The number of aromatic hydroxyl groups is 2. The van der Waals surface area contributed by atoms with E-state index >= 15 is 0 Å². The molecule has 0 bridgehead atoms. The van der Waals surface area contributed by atoms with E-state index in [1.807, 2.05) is 39.8 Å². The third kappa shape index (κ3) is 4.62. The Hall–Kier alpha value is -2.77. The first-order valence-corrected chi connectivity index (χ1v) is 10.6. The van der Waals surface area contributed by atoms with Gasteiger partial charge in [-0.25, -0.2) is 0 Å². The van der Waals surface area contributed by atoms with Crippen LogP contribution < -0.4 is 20.8 Å². The molecule has 1 atom stereocenters. The molecule has 7 heteroatoms. The Morgan fingerprint density at radius 1 is 1.06 bits per heavy atom. The second kappa shape index (κ2) is 9.58. The van der Waals surface area contributed by atoms with Crippen LogP contribution in [0.3, 0.4) is 0 Å². The summed E-state index contributed by atoms with van der Waals surface area (Å²) in [6, 6.07) is -0.258. The zero-order valence-electron chi connectivity index (χ0n) is 18.9. The van der Waals surface area contributed by atoms with Gasteiger partial charge in [-0.1, -0.05) is 23.3 Å². The summed E-state index contributed by atoms with van der Waals surface area (Å²) in [5.41, 5.74) is 2.66. The Balaban J connectivity index is 2.37. The number of allylic oxidation sites excluding steroid dienone is 4. The van der Waals surface area contributed by atoms with Crippen LogP contribution in [-0.2, 0) is 12.8 Å². The summed E-state index contributed by atoms with van der Waals surface area (Å²) in [7, 11) is 1.42. The van der Waals surface area contributed by atoms with Crippen molar-refractivity contribution in [2.24, 2.45) is 0 Å². The van der Waals surface area contributed by atoms with Crippen molar-refractivity contribution in [2.45, 2.75) is 46.6 Å². The van der Waals surface area contributed by atoms with Gasteiger partial charge >= 0.3 is 0 Å². The van der Waals surface area contributed by atoms with Crippen LogP contribution in [0.4, 0.5) is 0 Å². The van der Waals surface area contributed by atoms with Crippen molar-refractivity contribution in [1.82, 2.24) is 10.6 Å². The van der Waals surface area contributed by atoms with Gasteiger partial charge in [0.2, 0.25) is 11.2 Å². The monoisotopic (exact) mass is 428 g/mol. The van der Waals surface area contributed by atoms with E-state index in [9.17, 15) is 15.0 Å². The maximum Gasteiger partial charge on any atom is 0.238 e. The molecule has 2 aromatic rings. The molecule has 1 aromatic carbocycles. The maximum atomic E-state index is 13.4. The number of ether oxygens (including phenoxy) is 1. The second-order valence-corrected chi connectivity index (χ2v) is 8.37. The van der Waals surface area contributed by atoms with Crippen LogP contribution in [0, 0.1) is 0 Å². The van der Waals surface area contributed by atoms with Gasteiger partial charge in [0.25, 0.3) is 0 Å². The molecule has 0 spiro atoms. The van der Waals surface area contributed by atoms with Crippen molar-refractivity contribution in [3.05, 3.63) is 50.4 Å². The van der Waals surface area contributed by atoms with Gasteiger partial charge in [-0.15, -0.1) is 0 Å². The zero-order chi connectivity index (χ0) is 22.7. The largest absolute Gasteiger partial charge is 0.507 e. The second-order valence-electron chi connectivity index (χ2n) is 8.37. The maximum absolute atomic E-state index is 13.4. The SMILES string of the molecule is COc1c(C2CNCCN2)oc2c(CC=C(C)C)c(O)c(CC=C(C)C)c(O)c2c1=O. The fourth-order valence-corrected chi connectivity index (χ4v) is 3.77. The van der Waals surface area contributed by atoms with Gasteiger partial charge in [0.1, 0.15) is 22.5 Å².